The van der Waals surface area contributed by atoms with Crippen molar-refractivity contribution in [2.24, 2.45) is 5.73 Å². The van der Waals surface area contributed by atoms with Gasteiger partial charge < -0.3 is 15.2 Å². The molecule has 1 unspecified atom stereocenters. The second-order valence-electron chi connectivity index (χ2n) is 4.57. The first kappa shape index (κ1) is 13.0. The Balaban J connectivity index is 2.33. The van der Waals surface area contributed by atoms with Gasteiger partial charge in [-0.25, -0.2) is 4.98 Å². The number of rotatable bonds is 3. The van der Waals surface area contributed by atoms with E-state index in [2.05, 4.69) is 4.98 Å². The Hall–Kier alpha value is -0.490. The number of hydrogen-bond donors (Lipinski definition) is 1. The van der Waals surface area contributed by atoms with Gasteiger partial charge in [-0.15, -0.1) is 11.3 Å². The minimum atomic E-state index is -0.263. The van der Waals surface area contributed by atoms with Crippen molar-refractivity contribution >= 4 is 11.3 Å². The lowest BCUT2D eigenvalue weighted by Crippen LogP contribution is -2.35. The van der Waals surface area contributed by atoms with Gasteiger partial charge in [0.05, 0.1) is 5.69 Å². The second-order valence-corrected chi connectivity index (χ2v) is 5.60. The number of ether oxygens (including phenoxy) is 2. The molecule has 96 valence electrons. The summed E-state index contributed by atoms with van der Waals surface area (Å²) >= 11 is 1.68. The van der Waals surface area contributed by atoms with E-state index in [1.165, 1.54) is 0 Å². The first-order valence-corrected chi connectivity index (χ1v) is 6.77. The van der Waals surface area contributed by atoms with Crippen LogP contribution in [0.4, 0.5) is 0 Å². The monoisotopic (exact) mass is 256 g/mol. The summed E-state index contributed by atoms with van der Waals surface area (Å²) in [5.74, 6) is 0. The van der Waals surface area contributed by atoms with E-state index in [1.807, 2.05) is 13.8 Å². The van der Waals surface area contributed by atoms with Crippen molar-refractivity contribution in [1.29, 1.82) is 0 Å². The fourth-order valence-electron chi connectivity index (χ4n) is 2.23. The molecule has 1 aromatic heterocycles. The molecule has 0 saturated carbocycles. The van der Waals surface area contributed by atoms with Crippen LogP contribution in [0, 0.1) is 6.92 Å². The van der Waals surface area contributed by atoms with Crippen LogP contribution in [-0.2, 0) is 15.1 Å². The van der Waals surface area contributed by atoms with Gasteiger partial charge in [0.1, 0.15) is 10.6 Å². The van der Waals surface area contributed by atoms with Gasteiger partial charge in [0.25, 0.3) is 0 Å². The highest BCUT2D eigenvalue weighted by molar-refractivity contribution is 7.12. The quantitative estimate of drug-likeness (QED) is 0.900. The molecule has 2 heterocycles. The van der Waals surface area contributed by atoms with Crippen LogP contribution in [0.5, 0.6) is 0 Å². The topological polar surface area (TPSA) is 57.4 Å². The van der Waals surface area contributed by atoms with Crippen LogP contribution in [0.1, 0.15) is 41.4 Å². The van der Waals surface area contributed by atoms with Crippen LogP contribution in [0.25, 0.3) is 0 Å². The Labute approximate surface area is 106 Å². The molecule has 1 atom stereocenters. The first-order valence-electron chi connectivity index (χ1n) is 5.95. The Morgan fingerprint density at radius 1 is 1.47 bits per heavy atom. The molecule has 0 aliphatic carbocycles. The van der Waals surface area contributed by atoms with E-state index in [0.717, 1.165) is 41.6 Å². The maximum absolute atomic E-state index is 5.95. The van der Waals surface area contributed by atoms with Crippen molar-refractivity contribution in [2.75, 3.05) is 20.3 Å². The van der Waals surface area contributed by atoms with E-state index < -0.39 is 0 Å². The van der Waals surface area contributed by atoms with Crippen molar-refractivity contribution in [3.63, 3.8) is 0 Å². The highest BCUT2D eigenvalue weighted by atomic mass is 32.1. The first-order chi connectivity index (χ1) is 8.09. The Bertz CT molecular complexity index is 384. The van der Waals surface area contributed by atoms with E-state index >= 15 is 0 Å². The third-order valence-electron chi connectivity index (χ3n) is 3.33. The van der Waals surface area contributed by atoms with Crippen molar-refractivity contribution in [3.05, 3.63) is 15.6 Å². The fourth-order valence-corrected chi connectivity index (χ4v) is 3.48. The number of nitrogens with two attached hydrogens (primary N) is 1. The molecule has 0 radical (unpaired) electrons. The summed E-state index contributed by atoms with van der Waals surface area (Å²) in [6.45, 7) is 5.48. The molecule has 1 saturated heterocycles. The standard InChI is InChI=1S/C12H20N2O2S/c1-8(13)10-9(2)14-11(17-10)12(15-3)4-6-16-7-5-12/h8H,4-7,13H2,1-3H3. The molecular weight excluding hydrogens is 236 g/mol. The SMILES string of the molecule is COC1(c2nc(C)c(C(C)N)s2)CCOCC1. The average molecular weight is 256 g/mol. The summed E-state index contributed by atoms with van der Waals surface area (Å²) < 4.78 is 11.1. The molecule has 5 heteroatoms. The third kappa shape index (κ3) is 2.38. The van der Waals surface area contributed by atoms with Crippen LogP contribution >= 0.6 is 11.3 Å². The van der Waals surface area contributed by atoms with Gasteiger partial charge in [0.2, 0.25) is 0 Å². The molecule has 1 aliphatic heterocycles. The molecule has 0 aromatic carbocycles. The lowest BCUT2D eigenvalue weighted by molar-refractivity contribution is -0.0948. The molecule has 2 N–H and O–H groups in total. The lowest BCUT2D eigenvalue weighted by Gasteiger charge is -2.33. The van der Waals surface area contributed by atoms with Crippen LogP contribution in [-0.4, -0.2) is 25.3 Å². The largest absolute Gasteiger partial charge is 0.381 e. The highest BCUT2D eigenvalue weighted by Gasteiger charge is 2.38. The van der Waals surface area contributed by atoms with Crippen molar-refractivity contribution in [1.82, 2.24) is 4.98 Å². The van der Waals surface area contributed by atoms with E-state index in [0.29, 0.717) is 0 Å². The molecule has 17 heavy (non-hydrogen) atoms. The summed E-state index contributed by atoms with van der Waals surface area (Å²) in [5.41, 5.74) is 6.71. The number of thiazole rings is 1. The summed E-state index contributed by atoms with van der Waals surface area (Å²) in [6, 6.07) is 0.0370. The van der Waals surface area contributed by atoms with Crippen LogP contribution in [0.3, 0.4) is 0 Å². The minimum absolute atomic E-state index is 0.0370. The molecule has 1 fully saturated rings. The van der Waals surface area contributed by atoms with Gasteiger partial charge in [0, 0.05) is 44.1 Å². The molecule has 1 aromatic rings. The van der Waals surface area contributed by atoms with E-state index in [9.17, 15) is 0 Å². The zero-order chi connectivity index (χ0) is 12.5. The molecule has 4 nitrogen and oxygen atoms in total. The van der Waals surface area contributed by atoms with Gasteiger partial charge in [0.15, 0.2) is 0 Å². The predicted octanol–water partition coefficient (Wildman–Crippen LogP) is 2.12. The van der Waals surface area contributed by atoms with Crippen LogP contribution in [0.2, 0.25) is 0 Å². The summed E-state index contributed by atoms with van der Waals surface area (Å²) in [5, 5.41) is 1.05. The second kappa shape index (κ2) is 5.02. The molecule has 0 amide bonds. The Kier molecular flexibility index (Phi) is 3.82. The summed E-state index contributed by atoms with van der Waals surface area (Å²) in [6.07, 6.45) is 1.74. The molecule has 1 aliphatic rings. The van der Waals surface area contributed by atoms with Gasteiger partial charge in [-0.2, -0.15) is 0 Å². The lowest BCUT2D eigenvalue weighted by atomic mass is 9.95. The van der Waals surface area contributed by atoms with Crippen molar-refractivity contribution in [2.45, 2.75) is 38.3 Å². The van der Waals surface area contributed by atoms with Gasteiger partial charge in [-0.05, 0) is 13.8 Å². The number of methoxy groups -OCH3 is 1. The van der Waals surface area contributed by atoms with Gasteiger partial charge in [-0.3, -0.25) is 0 Å². The molecular formula is C12H20N2O2S. The van der Waals surface area contributed by atoms with E-state index in [1.54, 1.807) is 18.4 Å². The van der Waals surface area contributed by atoms with Gasteiger partial charge in [-0.1, -0.05) is 0 Å². The zero-order valence-electron chi connectivity index (χ0n) is 10.7. The summed E-state index contributed by atoms with van der Waals surface area (Å²) in [4.78, 5) is 5.81. The third-order valence-corrected chi connectivity index (χ3v) is 4.87. The summed E-state index contributed by atoms with van der Waals surface area (Å²) in [7, 11) is 1.76. The van der Waals surface area contributed by atoms with Gasteiger partial charge >= 0.3 is 0 Å². The Morgan fingerprint density at radius 3 is 2.59 bits per heavy atom. The number of aromatic nitrogens is 1. The molecule has 0 spiro atoms. The molecule has 2 rings (SSSR count). The highest BCUT2D eigenvalue weighted by Crippen LogP contribution is 2.39. The van der Waals surface area contributed by atoms with E-state index in [-0.39, 0.29) is 11.6 Å². The predicted molar refractivity (Wildman–Crippen MR) is 68.2 cm³/mol. The maximum Gasteiger partial charge on any atom is 0.125 e. The molecule has 0 bridgehead atoms. The number of hydrogen-bond acceptors (Lipinski definition) is 5. The van der Waals surface area contributed by atoms with Crippen LogP contribution < -0.4 is 5.73 Å². The maximum atomic E-state index is 5.95. The number of aryl methyl sites for hydroxylation is 1. The van der Waals surface area contributed by atoms with Crippen molar-refractivity contribution < 1.29 is 9.47 Å². The zero-order valence-corrected chi connectivity index (χ0v) is 11.5. The number of nitrogens with zero attached hydrogens (tertiary/aromatic N) is 1. The normalized spacial score (nSPS) is 21.4. The Morgan fingerprint density at radius 2 is 2.12 bits per heavy atom. The fraction of sp³-hybridized carbons (Fsp3) is 0.750. The van der Waals surface area contributed by atoms with E-state index in [4.69, 9.17) is 15.2 Å². The smallest absolute Gasteiger partial charge is 0.125 e. The average Bonchev–Trinajstić information content (AvgIpc) is 2.73. The van der Waals surface area contributed by atoms with Crippen molar-refractivity contribution in [3.8, 4) is 0 Å². The van der Waals surface area contributed by atoms with Crippen LogP contribution in [0.15, 0.2) is 0 Å². The minimum Gasteiger partial charge on any atom is -0.381 e.